The number of hydrogen-bond acceptors (Lipinski definition) is 5. The van der Waals surface area contributed by atoms with Crippen molar-refractivity contribution in [1.29, 1.82) is 0 Å². The average Bonchev–Trinajstić information content (AvgIpc) is 2.68. The first-order chi connectivity index (χ1) is 13.7. The minimum absolute atomic E-state index is 0.00136. The summed E-state index contributed by atoms with van der Waals surface area (Å²) in [6.07, 6.45) is 0.142. The largest absolute Gasteiger partial charge is 0.508 e. The molecule has 0 heterocycles. The van der Waals surface area contributed by atoms with E-state index < -0.39 is 16.1 Å². The molecule has 0 saturated heterocycles. The van der Waals surface area contributed by atoms with Gasteiger partial charge in [0.1, 0.15) is 5.75 Å². The van der Waals surface area contributed by atoms with Crippen molar-refractivity contribution in [2.75, 3.05) is 5.32 Å². The third kappa shape index (κ3) is 5.57. The van der Waals surface area contributed by atoms with Crippen molar-refractivity contribution in [3.63, 3.8) is 0 Å². The lowest BCUT2D eigenvalue weighted by atomic mass is 9.97. The zero-order chi connectivity index (χ0) is 21.0. The van der Waals surface area contributed by atoms with Crippen LogP contribution in [0, 0.1) is 0 Å². The number of sulfonamides is 1. The number of carbonyl (C=O) groups is 1. The van der Waals surface area contributed by atoms with Gasteiger partial charge in [0.25, 0.3) is 0 Å². The van der Waals surface area contributed by atoms with E-state index in [1.54, 1.807) is 60.7 Å². The molecule has 3 rings (SSSR count). The van der Waals surface area contributed by atoms with E-state index in [9.17, 15) is 18.3 Å². The van der Waals surface area contributed by atoms with Crippen molar-refractivity contribution in [1.82, 2.24) is 0 Å². The zero-order valence-electron chi connectivity index (χ0n) is 15.2. The fraction of sp³-hybridized carbons (Fsp3) is 0.0952. The number of ketones is 1. The van der Waals surface area contributed by atoms with Crippen molar-refractivity contribution in [3.8, 4) is 5.75 Å². The number of rotatable bonds is 7. The topological polar surface area (TPSA) is 109 Å². The molecule has 0 aliphatic rings. The van der Waals surface area contributed by atoms with Crippen LogP contribution >= 0.6 is 11.6 Å². The van der Waals surface area contributed by atoms with E-state index in [1.807, 2.05) is 0 Å². The van der Waals surface area contributed by atoms with Gasteiger partial charge in [-0.2, -0.15) is 0 Å². The maximum absolute atomic E-state index is 12.8. The molecule has 3 aromatic rings. The predicted octanol–water partition coefficient (Wildman–Crippen LogP) is 4.12. The Morgan fingerprint density at radius 1 is 0.966 bits per heavy atom. The molecule has 0 aromatic heterocycles. The summed E-state index contributed by atoms with van der Waals surface area (Å²) >= 11 is 5.89. The van der Waals surface area contributed by atoms with Gasteiger partial charge in [-0.25, -0.2) is 13.6 Å². The van der Waals surface area contributed by atoms with Gasteiger partial charge in [0.2, 0.25) is 10.0 Å². The molecule has 0 fully saturated rings. The molecule has 0 amide bonds. The van der Waals surface area contributed by atoms with E-state index in [0.29, 0.717) is 16.3 Å². The Bertz CT molecular complexity index is 1100. The molecule has 4 N–H and O–H groups in total. The Morgan fingerprint density at radius 3 is 2.10 bits per heavy atom. The number of nitrogens with one attached hydrogen (secondary N) is 1. The molecule has 6 nitrogen and oxygen atoms in total. The maximum Gasteiger partial charge on any atom is 0.238 e. The molecule has 1 unspecified atom stereocenters. The molecule has 8 heteroatoms. The molecule has 0 spiro atoms. The number of phenolic OH excluding ortho intramolecular Hbond substituents is 1. The summed E-state index contributed by atoms with van der Waals surface area (Å²) in [4.78, 5) is 12.8. The number of nitrogens with two attached hydrogens (primary N) is 1. The highest BCUT2D eigenvalue weighted by molar-refractivity contribution is 7.89. The van der Waals surface area contributed by atoms with Gasteiger partial charge in [0, 0.05) is 22.7 Å². The van der Waals surface area contributed by atoms with Crippen LogP contribution in [0.25, 0.3) is 0 Å². The van der Waals surface area contributed by atoms with Crippen LogP contribution < -0.4 is 10.5 Å². The molecule has 150 valence electrons. The number of phenols is 1. The van der Waals surface area contributed by atoms with Gasteiger partial charge in [0.05, 0.1) is 10.9 Å². The molecule has 0 bridgehead atoms. The highest BCUT2D eigenvalue weighted by Crippen LogP contribution is 2.27. The molecular weight excluding hydrogens is 412 g/mol. The molecule has 3 aromatic carbocycles. The van der Waals surface area contributed by atoms with Gasteiger partial charge in [-0.15, -0.1) is 0 Å². The lowest BCUT2D eigenvalue weighted by molar-refractivity contribution is 0.0976. The monoisotopic (exact) mass is 430 g/mol. The molecule has 29 heavy (non-hydrogen) atoms. The Labute approximate surface area is 174 Å². The van der Waals surface area contributed by atoms with Crippen molar-refractivity contribution in [3.05, 3.63) is 88.9 Å². The highest BCUT2D eigenvalue weighted by atomic mass is 35.5. The second-order valence-electron chi connectivity index (χ2n) is 6.49. The Hall–Kier alpha value is -2.87. The number of hydrogen-bond donors (Lipinski definition) is 3. The summed E-state index contributed by atoms with van der Waals surface area (Å²) < 4.78 is 22.9. The molecule has 0 saturated carbocycles. The second kappa shape index (κ2) is 8.65. The summed E-state index contributed by atoms with van der Waals surface area (Å²) in [5.41, 5.74) is 1.95. The number of primary sulfonamides is 1. The summed E-state index contributed by atoms with van der Waals surface area (Å²) in [5.74, 6) is 0.0300. The SMILES string of the molecule is NS(=O)(=O)c1ccc(NC(CC(=O)c2ccc(Cl)cc2)c2ccc(O)cc2)cc1. The van der Waals surface area contributed by atoms with Crippen LogP contribution in [-0.2, 0) is 10.0 Å². The van der Waals surface area contributed by atoms with Crippen LogP contribution in [0.2, 0.25) is 5.02 Å². The number of Topliss-reactive ketones (excluding diaryl/α,β-unsaturated/α-hetero) is 1. The zero-order valence-corrected chi connectivity index (χ0v) is 16.8. The van der Waals surface area contributed by atoms with Crippen LogP contribution in [0.3, 0.4) is 0 Å². The van der Waals surface area contributed by atoms with E-state index in [1.165, 1.54) is 12.1 Å². The number of benzene rings is 3. The van der Waals surface area contributed by atoms with Crippen molar-refractivity contribution >= 4 is 33.1 Å². The smallest absolute Gasteiger partial charge is 0.238 e. The lowest BCUT2D eigenvalue weighted by Gasteiger charge is -2.20. The van der Waals surface area contributed by atoms with Gasteiger partial charge in [-0.05, 0) is 66.2 Å². The Kier molecular flexibility index (Phi) is 6.22. The first kappa shape index (κ1) is 20.9. The normalized spacial score (nSPS) is 12.3. The Balaban J connectivity index is 1.86. The number of anilines is 1. The highest BCUT2D eigenvalue weighted by Gasteiger charge is 2.18. The fourth-order valence-electron chi connectivity index (χ4n) is 2.84. The van der Waals surface area contributed by atoms with E-state index in [2.05, 4.69) is 5.32 Å². The minimum Gasteiger partial charge on any atom is -0.508 e. The average molecular weight is 431 g/mol. The molecule has 0 aliphatic carbocycles. The third-order valence-electron chi connectivity index (χ3n) is 4.37. The number of carbonyl (C=O) groups excluding carboxylic acids is 1. The van der Waals surface area contributed by atoms with Gasteiger partial charge in [-0.1, -0.05) is 23.7 Å². The molecule has 0 radical (unpaired) electrons. The van der Waals surface area contributed by atoms with Crippen molar-refractivity contribution < 1.29 is 18.3 Å². The first-order valence-corrected chi connectivity index (χ1v) is 10.6. The summed E-state index contributed by atoms with van der Waals surface area (Å²) in [7, 11) is -3.78. The van der Waals surface area contributed by atoms with Crippen LogP contribution in [0.4, 0.5) is 5.69 Å². The van der Waals surface area contributed by atoms with E-state index in [0.717, 1.165) is 5.56 Å². The van der Waals surface area contributed by atoms with Gasteiger partial charge in [0.15, 0.2) is 5.78 Å². The van der Waals surface area contributed by atoms with Crippen molar-refractivity contribution in [2.24, 2.45) is 5.14 Å². The fourth-order valence-corrected chi connectivity index (χ4v) is 3.48. The maximum atomic E-state index is 12.8. The summed E-state index contributed by atoms with van der Waals surface area (Å²) in [6.45, 7) is 0. The van der Waals surface area contributed by atoms with E-state index in [-0.39, 0.29) is 22.8 Å². The third-order valence-corrected chi connectivity index (χ3v) is 5.56. The van der Waals surface area contributed by atoms with Gasteiger partial charge < -0.3 is 10.4 Å². The van der Waals surface area contributed by atoms with Gasteiger partial charge >= 0.3 is 0 Å². The molecule has 1 atom stereocenters. The quantitative estimate of drug-likeness (QED) is 0.488. The van der Waals surface area contributed by atoms with Gasteiger partial charge in [-0.3, -0.25) is 4.79 Å². The number of halogens is 1. The number of aromatic hydroxyl groups is 1. The predicted molar refractivity (Wildman–Crippen MR) is 113 cm³/mol. The molecular formula is C21H19ClN2O4S. The van der Waals surface area contributed by atoms with Crippen LogP contribution in [0.5, 0.6) is 5.75 Å². The van der Waals surface area contributed by atoms with Crippen LogP contribution in [0.15, 0.2) is 77.7 Å². The van der Waals surface area contributed by atoms with E-state index >= 15 is 0 Å². The minimum atomic E-state index is -3.78. The van der Waals surface area contributed by atoms with Crippen LogP contribution in [0.1, 0.15) is 28.4 Å². The van der Waals surface area contributed by atoms with Crippen LogP contribution in [-0.4, -0.2) is 19.3 Å². The Morgan fingerprint density at radius 2 is 1.55 bits per heavy atom. The summed E-state index contributed by atoms with van der Waals surface area (Å²) in [5, 5.41) is 18.5. The standard InChI is InChI=1S/C21H19ClN2O4S/c22-16-5-1-15(2-6-16)21(26)13-20(14-3-9-18(25)10-4-14)24-17-7-11-19(12-8-17)29(23,27)28/h1-12,20,24-25H,13H2,(H2,23,27,28). The van der Waals surface area contributed by atoms with Crippen molar-refractivity contribution in [2.45, 2.75) is 17.4 Å². The molecule has 0 aliphatic heterocycles. The first-order valence-electron chi connectivity index (χ1n) is 8.69. The summed E-state index contributed by atoms with van der Waals surface area (Å²) in [6, 6.07) is 18.7. The second-order valence-corrected chi connectivity index (χ2v) is 8.49. The lowest BCUT2D eigenvalue weighted by Crippen LogP contribution is -2.16. The van der Waals surface area contributed by atoms with E-state index in [4.69, 9.17) is 16.7 Å².